The molecule has 1 unspecified atom stereocenters. The molecule has 3 heterocycles. The first-order valence-electron chi connectivity index (χ1n) is 6.59. The standard InChI is InChI=1S/C12H18N5O2P/c1-15-9-2-3-10(14-19)13-11(9)17(12(15)18)8-4-6-16(20)7-5-8/h2-3,8,19H,4-7,20H2,1H3,(H,13,14). The van der Waals surface area contributed by atoms with Gasteiger partial charge in [0.05, 0.1) is 5.52 Å². The minimum Gasteiger partial charge on any atom is -0.293 e. The molecule has 7 nitrogen and oxygen atoms in total. The molecule has 0 amide bonds. The van der Waals surface area contributed by atoms with Gasteiger partial charge in [-0.05, 0) is 25.0 Å². The average Bonchev–Trinajstić information content (AvgIpc) is 2.72. The SMILES string of the molecule is Cn1c(=O)n(C2CCN(P)CC2)c2nc(NO)ccc21. The van der Waals surface area contributed by atoms with Crippen molar-refractivity contribution in [3.8, 4) is 0 Å². The number of rotatable bonds is 2. The van der Waals surface area contributed by atoms with E-state index in [9.17, 15) is 4.79 Å². The van der Waals surface area contributed by atoms with Gasteiger partial charge in [0.15, 0.2) is 11.5 Å². The van der Waals surface area contributed by atoms with E-state index in [4.69, 9.17) is 5.21 Å². The Kier molecular flexibility index (Phi) is 3.50. The maximum Gasteiger partial charge on any atom is 0.330 e. The lowest BCUT2D eigenvalue weighted by Gasteiger charge is -2.29. The van der Waals surface area contributed by atoms with E-state index >= 15 is 0 Å². The summed E-state index contributed by atoms with van der Waals surface area (Å²) < 4.78 is 5.55. The number of anilines is 1. The van der Waals surface area contributed by atoms with Gasteiger partial charge in [0.2, 0.25) is 0 Å². The van der Waals surface area contributed by atoms with Crippen LogP contribution in [0.1, 0.15) is 18.9 Å². The molecule has 0 aliphatic carbocycles. The molecule has 2 aromatic rings. The first-order chi connectivity index (χ1) is 9.61. The fourth-order valence-corrected chi connectivity index (χ4v) is 3.07. The molecule has 20 heavy (non-hydrogen) atoms. The highest BCUT2D eigenvalue weighted by molar-refractivity contribution is 7.13. The normalized spacial score (nSPS) is 17.8. The Morgan fingerprint density at radius 3 is 2.75 bits per heavy atom. The second kappa shape index (κ2) is 5.16. The number of imidazole rings is 1. The van der Waals surface area contributed by atoms with Crippen LogP contribution >= 0.6 is 9.39 Å². The number of aromatic nitrogens is 3. The van der Waals surface area contributed by atoms with Gasteiger partial charge in [-0.2, -0.15) is 0 Å². The lowest BCUT2D eigenvalue weighted by molar-refractivity contribution is 0.288. The number of hydrogen-bond donors (Lipinski definition) is 2. The fraction of sp³-hybridized carbons (Fsp3) is 0.500. The summed E-state index contributed by atoms with van der Waals surface area (Å²) in [6, 6.07) is 3.60. The molecule has 0 spiro atoms. The maximum atomic E-state index is 12.5. The largest absolute Gasteiger partial charge is 0.330 e. The third-order valence-electron chi connectivity index (χ3n) is 3.92. The molecule has 0 saturated carbocycles. The minimum atomic E-state index is -0.0511. The van der Waals surface area contributed by atoms with Crippen molar-refractivity contribution in [1.82, 2.24) is 18.8 Å². The Labute approximate surface area is 118 Å². The van der Waals surface area contributed by atoms with Crippen molar-refractivity contribution < 1.29 is 5.21 Å². The zero-order valence-corrected chi connectivity index (χ0v) is 12.4. The van der Waals surface area contributed by atoms with E-state index in [0.717, 1.165) is 31.4 Å². The van der Waals surface area contributed by atoms with E-state index in [0.29, 0.717) is 11.5 Å². The first-order valence-corrected chi connectivity index (χ1v) is 7.11. The molecule has 1 aliphatic rings. The molecule has 8 heteroatoms. The number of pyridine rings is 1. The lowest BCUT2D eigenvalue weighted by atomic mass is 10.1. The van der Waals surface area contributed by atoms with Crippen LogP contribution in [0.5, 0.6) is 0 Å². The van der Waals surface area contributed by atoms with Crippen molar-refractivity contribution in [2.45, 2.75) is 18.9 Å². The molecule has 2 aromatic heterocycles. The molecular formula is C12H18N5O2P. The molecule has 0 radical (unpaired) electrons. The van der Waals surface area contributed by atoms with Gasteiger partial charge in [-0.25, -0.2) is 9.78 Å². The van der Waals surface area contributed by atoms with Gasteiger partial charge in [-0.1, -0.05) is 9.39 Å². The molecule has 1 fully saturated rings. The van der Waals surface area contributed by atoms with Crippen LogP contribution in [0.15, 0.2) is 16.9 Å². The summed E-state index contributed by atoms with van der Waals surface area (Å²) in [5.41, 5.74) is 3.39. The van der Waals surface area contributed by atoms with Crippen LogP contribution in [0.25, 0.3) is 11.2 Å². The van der Waals surface area contributed by atoms with E-state index in [1.165, 1.54) is 0 Å². The predicted octanol–water partition coefficient (Wildman–Crippen LogP) is 0.963. The Morgan fingerprint density at radius 1 is 1.40 bits per heavy atom. The van der Waals surface area contributed by atoms with E-state index < -0.39 is 0 Å². The van der Waals surface area contributed by atoms with Crippen molar-refractivity contribution in [2.75, 3.05) is 18.6 Å². The summed E-state index contributed by atoms with van der Waals surface area (Å²) in [4.78, 5) is 16.8. The third kappa shape index (κ3) is 2.12. The number of piperidine rings is 1. The highest BCUT2D eigenvalue weighted by Crippen LogP contribution is 2.26. The van der Waals surface area contributed by atoms with Crippen LogP contribution in [-0.2, 0) is 7.05 Å². The number of nitrogens with zero attached hydrogens (tertiary/aromatic N) is 4. The van der Waals surface area contributed by atoms with Crippen molar-refractivity contribution in [3.63, 3.8) is 0 Å². The summed E-state index contributed by atoms with van der Waals surface area (Å²) in [6.45, 7) is 1.88. The third-order valence-corrected chi connectivity index (χ3v) is 4.43. The first kappa shape index (κ1) is 13.5. The number of aryl methyl sites for hydroxylation is 1. The Bertz CT molecular complexity index is 687. The van der Waals surface area contributed by atoms with Gasteiger partial charge >= 0.3 is 5.69 Å². The zero-order valence-electron chi connectivity index (χ0n) is 11.3. The number of fused-ring (bicyclic) bond motifs is 1. The Hall–Kier alpha value is -1.43. The molecule has 1 atom stereocenters. The Balaban J connectivity index is 2.13. The van der Waals surface area contributed by atoms with Crippen LogP contribution in [-0.4, -0.2) is 37.1 Å². The van der Waals surface area contributed by atoms with Crippen LogP contribution in [0.4, 0.5) is 5.82 Å². The van der Waals surface area contributed by atoms with Crippen LogP contribution in [0.2, 0.25) is 0 Å². The summed E-state index contributed by atoms with van der Waals surface area (Å²) in [7, 11) is 4.45. The number of hydrogen-bond acceptors (Lipinski definition) is 5. The van der Waals surface area contributed by atoms with Crippen molar-refractivity contribution >= 4 is 26.4 Å². The molecule has 2 N–H and O–H groups in total. The van der Waals surface area contributed by atoms with Crippen LogP contribution in [0.3, 0.4) is 0 Å². The van der Waals surface area contributed by atoms with Gasteiger partial charge < -0.3 is 0 Å². The van der Waals surface area contributed by atoms with E-state index in [1.54, 1.807) is 28.3 Å². The van der Waals surface area contributed by atoms with E-state index in [2.05, 4.69) is 19.0 Å². The van der Waals surface area contributed by atoms with Crippen molar-refractivity contribution in [1.29, 1.82) is 0 Å². The van der Waals surface area contributed by atoms with Gasteiger partial charge in [0.25, 0.3) is 0 Å². The highest BCUT2D eigenvalue weighted by Gasteiger charge is 2.24. The minimum absolute atomic E-state index is 0.0511. The van der Waals surface area contributed by atoms with E-state index in [-0.39, 0.29) is 11.7 Å². The second-order valence-electron chi connectivity index (χ2n) is 5.13. The quantitative estimate of drug-likeness (QED) is 0.637. The predicted molar refractivity (Wildman–Crippen MR) is 79.9 cm³/mol. The van der Waals surface area contributed by atoms with Gasteiger partial charge in [-0.15, -0.1) is 0 Å². The topological polar surface area (TPSA) is 75.3 Å². The summed E-state index contributed by atoms with van der Waals surface area (Å²) in [5.74, 6) is 0.348. The van der Waals surface area contributed by atoms with Crippen LogP contribution in [0, 0.1) is 0 Å². The molecule has 1 saturated heterocycles. The fourth-order valence-electron chi connectivity index (χ4n) is 2.77. The smallest absolute Gasteiger partial charge is 0.293 e. The van der Waals surface area contributed by atoms with Crippen LogP contribution < -0.4 is 11.2 Å². The molecular weight excluding hydrogens is 277 g/mol. The summed E-state index contributed by atoms with van der Waals surface area (Å²) in [5, 5.41) is 8.99. The van der Waals surface area contributed by atoms with Gasteiger partial charge in [0, 0.05) is 26.2 Å². The van der Waals surface area contributed by atoms with Crippen molar-refractivity contribution in [2.24, 2.45) is 7.05 Å². The average molecular weight is 295 g/mol. The molecule has 0 aromatic carbocycles. The molecule has 108 valence electrons. The summed E-state index contributed by atoms with van der Waals surface area (Å²) in [6.07, 6.45) is 1.84. The maximum absolute atomic E-state index is 12.5. The van der Waals surface area contributed by atoms with E-state index in [1.807, 2.05) is 5.48 Å². The summed E-state index contributed by atoms with van der Waals surface area (Å²) >= 11 is 0. The number of nitrogens with one attached hydrogen (secondary N) is 1. The van der Waals surface area contributed by atoms with Gasteiger partial charge in [0.1, 0.15) is 0 Å². The zero-order chi connectivity index (χ0) is 14.3. The highest BCUT2D eigenvalue weighted by atomic mass is 31.0. The van der Waals surface area contributed by atoms with Gasteiger partial charge in [-0.3, -0.25) is 24.5 Å². The molecule has 3 rings (SSSR count). The molecule has 0 bridgehead atoms. The lowest BCUT2D eigenvalue weighted by Crippen LogP contribution is -2.33. The van der Waals surface area contributed by atoms with Crippen molar-refractivity contribution in [3.05, 3.63) is 22.6 Å². The molecule has 1 aliphatic heterocycles. The monoisotopic (exact) mass is 295 g/mol. The Morgan fingerprint density at radius 2 is 2.10 bits per heavy atom. The second-order valence-corrected chi connectivity index (χ2v) is 5.86.